The van der Waals surface area contributed by atoms with Crippen LogP contribution in [0.1, 0.15) is 99.2 Å². The van der Waals surface area contributed by atoms with Gasteiger partial charge in [0.2, 0.25) is 0 Å². The smallest absolute Gasteiger partial charge is 0.122 e. The highest BCUT2D eigenvalue weighted by atomic mass is 28.3. The Morgan fingerprint density at radius 3 is 1.67 bits per heavy atom. The highest BCUT2D eigenvalue weighted by molar-refractivity contribution is 6.92. The molecule has 0 unspecified atom stereocenters. The number of hydrogen-bond donors (Lipinski definition) is 0. The second-order valence-electron chi connectivity index (χ2n) is 17.4. The molecule has 0 heterocycles. The summed E-state index contributed by atoms with van der Waals surface area (Å²) in [6, 6.07) is 35.5. The molecule has 5 aromatic carbocycles. The molecule has 0 aromatic heterocycles. The van der Waals surface area contributed by atoms with Gasteiger partial charge in [0.05, 0.1) is 16.9 Å². The van der Waals surface area contributed by atoms with Gasteiger partial charge in [-0.25, -0.2) is 0 Å². The molecule has 1 aliphatic carbocycles. The molecule has 54 heavy (non-hydrogen) atoms. The molecule has 1 nitrogen and oxygen atoms in total. The summed E-state index contributed by atoms with van der Waals surface area (Å²) in [6.45, 7) is 28.8. The number of unbranched alkanes of at least 4 members (excludes halogenated alkanes) is 2. The Morgan fingerprint density at radius 2 is 1.22 bits per heavy atom. The number of ether oxygens (including phenoxy) is 1. The van der Waals surface area contributed by atoms with Gasteiger partial charge in [-0.2, -0.15) is 0 Å². The van der Waals surface area contributed by atoms with E-state index in [0.29, 0.717) is 6.61 Å². The Bertz CT molecular complexity index is 2030. The third-order valence-electron chi connectivity index (χ3n) is 11.8. The van der Waals surface area contributed by atoms with E-state index in [1.165, 1.54) is 103 Å². The lowest BCUT2D eigenvalue weighted by Crippen LogP contribution is -2.51. The first-order chi connectivity index (χ1) is 25.8. The lowest BCUT2D eigenvalue weighted by atomic mass is 9.85. The van der Waals surface area contributed by atoms with Crippen LogP contribution in [0.2, 0.25) is 26.2 Å². The minimum atomic E-state index is -2.41. The third kappa shape index (κ3) is 7.64. The van der Waals surface area contributed by atoms with E-state index < -0.39 is 16.9 Å². The molecule has 6 rings (SSSR count). The maximum absolute atomic E-state index is 6.94. The average molecular weight is 748 g/mol. The van der Waals surface area contributed by atoms with Crippen LogP contribution in [0.15, 0.2) is 104 Å². The van der Waals surface area contributed by atoms with E-state index >= 15 is 0 Å². The fraction of sp³-hybridized carbons (Fsp3) is 0.373. The second kappa shape index (κ2) is 16.4. The van der Waals surface area contributed by atoms with Crippen molar-refractivity contribution in [3.8, 4) is 39.1 Å². The zero-order valence-corrected chi connectivity index (χ0v) is 36.9. The molecule has 0 N–H and O–H groups in total. The first-order valence-corrected chi connectivity index (χ1v) is 26.1. The normalized spacial score (nSPS) is 12.9. The van der Waals surface area contributed by atoms with Crippen molar-refractivity contribution in [2.24, 2.45) is 0 Å². The van der Waals surface area contributed by atoms with Crippen LogP contribution in [-0.4, -0.2) is 23.5 Å². The first kappa shape index (κ1) is 39.8. The molecule has 0 fully saturated rings. The molecule has 1 radical (unpaired) electrons. The Labute approximate surface area is 330 Å². The van der Waals surface area contributed by atoms with Gasteiger partial charge < -0.3 is 4.74 Å². The van der Waals surface area contributed by atoms with Gasteiger partial charge in [0.25, 0.3) is 0 Å². The van der Waals surface area contributed by atoms with Gasteiger partial charge in [-0.1, -0.05) is 188 Å². The fourth-order valence-corrected chi connectivity index (χ4v) is 14.8. The highest BCUT2D eigenvalue weighted by Crippen LogP contribution is 2.52. The summed E-state index contributed by atoms with van der Waals surface area (Å²) in [5.74, 6) is 1.13. The third-order valence-corrected chi connectivity index (χ3v) is 17.2. The summed E-state index contributed by atoms with van der Waals surface area (Å²) in [4.78, 5) is 0. The van der Waals surface area contributed by atoms with Gasteiger partial charge in [-0.3, -0.25) is 0 Å². The van der Waals surface area contributed by atoms with Gasteiger partial charge in [0, 0.05) is 5.54 Å². The van der Waals surface area contributed by atoms with Gasteiger partial charge in [0.15, 0.2) is 0 Å². The highest BCUT2D eigenvalue weighted by Gasteiger charge is 2.45. The Hall–Kier alpha value is -3.93. The summed E-state index contributed by atoms with van der Waals surface area (Å²) in [7, 11) is -3.17. The molecule has 1 aliphatic rings. The molecule has 0 amide bonds. The topological polar surface area (TPSA) is 9.23 Å². The van der Waals surface area contributed by atoms with Gasteiger partial charge >= 0.3 is 0 Å². The lowest BCUT2D eigenvalue weighted by Gasteiger charge is -2.38. The standard InChI is InChI=1S/C51H63OSi2/c1-12-15-21-36-23-17-19-25-40(36)38-27-29-42-43-30-28-39(41-26-20-18-24-37(41)22-16-13-2)34-45(43)50(44(42)33-38)54(10,11)46-32-35(4)49(53(8)9)47(51(5,6)7)48(46)52-31-14-3/h14,17-20,23-30,32-34,50H,3,12-13,15-16,21-22,31H2,1-2,4-11H3. The van der Waals surface area contributed by atoms with Crippen LogP contribution in [0.25, 0.3) is 33.4 Å². The largest absolute Gasteiger partial charge is 0.489 e. The molecule has 5 aromatic rings. The maximum atomic E-state index is 6.94. The quantitative estimate of drug-likeness (QED) is 0.0812. The summed E-state index contributed by atoms with van der Waals surface area (Å²) in [5, 5.41) is 2.97. The zero-order valence-electron chi connectivity index (χ0n) is 34.9. The molecular formula is C51H63OSi2. The zero-order chi connectivity index (χ0) is 38.8. The van der Waals surface area contributed by atoms with Crippen molar-refractivity contribution >= 4 is 27.2 Å². The van der Waals surface area contributed by atoms with E-state index in [2.05, 4.69) is 165 Å². The Kier molecular flexibility index (Phi) is 12.1. The van der Waals surface area contributed by atoms with Crippen LogP contribution in [0.5, 0.6) is 5.75 Å². The van der Waals surface area contributed by atoms with Gasteiger partial charge in [-0.15, -0.1) is 0 Å². The van der Waals surface area contributed by atoms with Crippen molar-refractivity contribution in [3.63, 3.8) is 0 Å². The Balaban J connectivity index is 1.64. The van der Waals surface area contributed by atoms with E-state index in [-0.39, 0.29) is 11.0 Å². The van der Waals surface area contributed by atoms with Crippen molar-refractivity contribution in [2.45, 2.75) is 117 Å². The lowest BCUT2D eigenvalue weighted by molar-refractivity contribution is 0.354. The maximum Gasteiger partial charge on any atom is 0.122 e. The van der Waals surface area contributed by atoms with Crippen molar-refractivity contribution in [1.82, 2.24) is 0 Å². The molecule has 0 bridgehead atoms. The SMILES string of the molecule is C=CCOc1c([Si](C)(C)C2c3cc(-c4ccccc4CCCC)ccc3-c3ccc(-c4ccccc4CCCC)cc32)cc(C)c([Si](C)C)c1C(C)(C)C. The number of benzene rings is 5. The minimum absolute atomic E-state index is 0.0603. The summed E-state index contributed by atoms with van der Waals surface area (Å²) >= 11 is 0. The summed E-state index contributed by atoms with van der Waals surface area (Å²) in [6.07, 6.45) is 8.94. The number of aryl methyl sites for hydroxylation is 3. The monoisotopic (exact) mass is 747 g/mol. The number of hydrogen-bond acceptors (Lipinski definition) is 1. The van der Waals surface area contributed by atoms with Gasteiger partial charge in [-0.05, 0) is 104 Å². The fourth-order valence-electron chi connectivity index (χ4n) is 9.23. The van der Waals surface area contributed by atoms with Crippen molar-refractivity contribution in [1.29, 1.82) is 0 Å². The van der Waals surface area contributed by atoms with Crippen LogP contribution in [0.3, 0.4) is 0 Å². The van der Waals surface area contributed by atoms with Crippen LogP contribution in [0.4, 0.5) is 0 Å². The van der Waals surface area contributed by atoms with Crippen LogP contribution in [-0.2, 0) is 18.3 Å². The summed E-state index contributed by atoms with van der Waals surface area (Å²) in [5.41, 5.74) is 17.1. The molecule has 0 saturated carbocycles. The van der Waals surface area contributed by atoms with Crippen LogP contribution < -0.4 is 15.1 Å². The van der Waals surface area contributed by atoms with E-state index in [1.54, 1.807) is 0 Å². The molecule has 0 aliphatic heterocycles. The molecule has 281 valence electrons. The predicted molar refractivity (Wildman–Crippen MR) is 242 cm³/mol. The summed E-state index contributed by atoms with van der Waals surface area (Å²) < 4.78 is 6.94. The van der Waals surface area contributed by atoms with E-state index in [9.17, 15) is 0 Å². The Morgan fingerprint density at radius 1 is 0.722 bits per heavy atom. The molecule has 0 atom stereocenters. The van der Waals surface area contributed by atoms with E-state index in [0.717, 1.165) is 18.6 Å². The van der Waals surface area contributed by atoms with Crippen molar-refractivity contribution < 1.29 is 4.74 Å². The molecule has 0 saturated heterocycles. The second-order valence-corrected chi connectivity index (χ2v) is 24.5. The average Bonchev–Trinajstić information content (AvgIpc) is 3.48. The molecule has 3 heteroatoms. The number of fused-ring (bicyclic) bond motifs is 3. The predicted octanol–water partition coefficient (Wildman–Crippen LogP) is 13.1. The van der Waals surface area contributed by atoms with E-state index in [1.807, 2.05) is 6.08 Å². The van der Waals surface area contributed by atoms with Crippen molar-refractivity contribution in [2.75, 3.05) is 6.61 Å². The van der Waals surface area contributed by atoms with Crippen molar-refractivity contribution in [3.05, 3.63) is 137 Å². The molecule has 0 spiro atoms. The van der Waals surface area contributed by atoms with Crippen LogP contribution in [0, 0.1) is 6.92 Å². The van der Waals surface area contributed by atoms with Crippen LogP contribution >= 0.6 is 0 Å². The molecular weight excluding hydrogens is 685 g/mol. The van der Waals surface area contributed by atoms with Gasteiger partial charge in [0.1, 0.15) is 12.4 Å². The first-order valence-electron chi connectivity index (χ1n) is 20.5. The minimum Gasteiger partial charge on any atom is -0.489 e. The van der Waals surface area contributed by atoms with E-state index in [4.69, 9.17) is 4.74 Å². The number of rotatable bonds is 14.